The van der Waals surface area contributed by atoms with Crippen molar-refractivity contribution < 1.29 is 14.6 Å². The van der Waals surface area contributed by atoms with Gasteiger partial charge in [-0.05, 0) is 30.6 Å². The number of allylic oxidation sites excluding steroid dienone is 2. The minimum atomic E-state index is -0.306. The lowest BCUT2D eigenvalue weighted by atomic mass is 10.2. The molecule has 0 saturated carbocycles. The van der Waals surface area contributed by atoms with E-state index in [0.29, 0.717) is 12.8 Å². The molecule has 3 heteroatoms. The van der Waals surface area contributed by atoms with Crippen LogP contribution >= 0.6 is 0 Å². The largest absolute Gasteiger partial charge is 0.462 e. The molecular formula is C12H16O3. The Bertz CT molecular complexity index is 292. The molecule has 0 aliphatic rings. The molecule has 0 heterocycles. The van der Waals surface area contributed by atoms with Crippen LogP contribution in [0, 0.1) is 11.8 Å². The van der Waals surface area contributed by atoms with E-state index in [1.165, 1.54) is 6.92 Å². The van der Waals surface area contributed by atoms with E-state index >= 15 is 0 Å². The molecule has 0 bridgehead atoms. The Balaban J connectivity index is 3.68. The molecule has 82 valence electrons. The summed E-state index contributed by atoms with van der Waals surface area (Å²) in [5.74, 6) is 5.28. The van der Waals surface area contributed by atoms with Gasteiger partial charge in [0, 0.05) is 13.5 Å². The zero-order chi connectivity index (χ0) is 11.5. The molecule has 0 aliphatic carbocycles. The van der Waals surface area contributed by atoms with Crippen LogP contribution in [0.3, 0.4) is 0 Å². The zero-order valence-corrected chi connectivity index (χ0v) is 8.95. The first-order valence-corrected chi connectivity index (χ1v) is 4.75. The van der Waals surface area contributed by atoms with Crippen LogP contribution in [-0.4, -0.2) is 24.3 Å². The Morgan fingerprint density at radius 1 is 1.60 bits per heavy atom. The summed E-state index contributed by atoms with van der Waals surface area (Å²) in [5, 5.41) is 8.56. The molecule has 0 radical (unpaired) electrons. The van der Waals surface area contributed by atoms with Gasteiger partial charge in [-0.3, -0.25) is 4.79 Å². The van der Waals surface area contributed by atoms with Gasteiger partial charge in [-0.2, -0.15) is 0 Å². The Kier molecular flexibility index (Phi) is 8.12. The summed E-state index contributed by atoms with van der Waals surface area (Å²) >= 11 is 0. The van der Waals surface area contributed by atoms with Crippen molar-refractivity contribution in [3.05, 3.63) is 24.3 Å². The number of ether oxygens (including phenoxy) is 1. The summed E-state index contributed by atoms with van der Waals surface area (Å²) in [5.41, 5.74) is 0.793. The van der Waals surface area contributed by atoms with Gasteiger partial charge < -0.3 is 9.84 Å². The fourth-order valence-corrected chi connectivity index (χ4v) is 0.771. The van der Waals surface area contributed by atoms with Gasteiger partial charge in [-0.15, -0.1) is 0 Å². The molecule has 1 N–H and O–H groups in total. The van der Waals surface area contributed by atoms with Crippen LogP contribution in [0.4, 0.5) is 0 Å². The number of hydrogen-bond acceptors (Lipinski definition) is 3. The standard InChI is InChI=1S/C12H16O3/c1-11(8-6-9-13)7-4-3-5-10-15-12(2)14/h3,5,13H,1,6,8-10H2,2H3/b5-3+. The monoisotopic (exact) mass is 208 g/mol. The molecule has 15 heavy (non-hydrogen) atoms. The molecule has 0 amide bonds. The smallest absolute Gasteiger partial charge is 0.302 e. The van der Waals surface area contributed by atoms with Crippen LogP contribution in [0.15, 0.2) is 24.3 Å². The number of esters is 1. The average Bonchev–Trinajstić information content (AvgIpc) is 2.19. The van der Waals surface area contributed by atoms with Crippen molar-refractivity contribution in [3.8, 4) is 11.8 Å². The fraction of sp³-hybridized carbons (Fsp3) is 0.417. The molecule has 0 aromatic heterocycles. The van der Waals surface area contributed by atoms with Gasteiger partial charge in [-0.1, -0.05) is 18.4 Å². The van der Waals surface area contributed by atoms with Crippen LogP contribution in [-0.2, 0) is 9.53 Å². The predicted molar refractivity (Wildman–Crippen MR) is 59.0 cm³/mol. The Labute approximate surface area is 90.4 Å². The second-order valence-corrected chi connectivity index (χ2v) is 2.91. The van der Waals surface area contributed by atoms with Crippen LogP contribution < -0.4 is 0 Å². The Hall–Kier alpha value is -1.53. The molecule has 0 aromatic carbocycles. The van der Waals surface area contributed by atoms with Gasteiger partial charge in [0.25, 0.3) is 0 Å². The fourth-order valence-electron chi connectivity index (χ4n) is 0.771. The van der Waals surface area contributed by atoms with E-state index in [1.807, 2.05) is 0 Å². The molecule has 0 atom stereocenters. The normalized spacial score (nSPS) is 9.47. The van der Waals surface area contributed by atoms with Gasteiger partial charge in [0.15, 0.2) is 0 Å². The highest BCUT2D eigenvalue weighted by Crippen LogP contribution is 1.98. The van der Waals surface area contributed by atoms with Gasteiger partial charge in [-0.25, -0.2) is 0 Å². The van der Waals surface area contributed by atoms with Crippen molar-refractivity contribution in [2.24, 2.45) is 0 Å². The maximum atomic E-state index is 10.4. The zero-order valence-electron chi connectivity index (χ0n) is 8.95. The highest BCUT2D eigenvalue weighted by molar-refractivity contribution is 5.66. The van der Waals surface area contributed by atoms with Crippen LogP contribution in [0.5, 0.6) is 0 Å². The Morgan fingerprint density at radius 3 is 2.93 bits per heavy atom. The number of aliphatic hydroxyl groups excluding tert-OH is 1. The van der Waals surface area contributed by atoms with Gasteiger partial charge in [0.05, 0.1) is 0 Å². The second kappa shape index (κ2) is 9.04. The summed E-state index contributed by atoms with van der Waals surface area (Å²) in [7, 11) is 0. The molecule has 0 spiro atoms. The highest BCUT2D eigenvalue weighted by Gasteiger charge is 1.87. The number of aliphatic hydroxyl groups is 1. The lowest BCUT2D eigenvalue weighted by Gasteiger charge is -1.93. The van der Waals surface area contributed by atoms with E-state index in [9.17, 15) is 4.79 Å². The molecule has 0 rings (SSSR count). The minimum Gasteiger partial charge on any atom is -0.462 e. The summed E-state index contributed by atoms with van der Waals surface area (Å²) in [6.45, 7) is 5.49. The SMILES string of the molecule is C=C(C#C/C=C/COC(C)=O)CCCO. The van der Waals surface area contributed by atoms with E-state index < -0.39 is 0 Å². The van der Waals surface area contributed by atoms with Crippen molar-refractivity contribution >= 4 is 5.97 Å². The molecular weight excluding hydrogens is 192 g/mol. The summed E-state index contributed by atoms with van der Waals surface area (Å²) in [6, 6.07) is 0. The van der Waals surface area contributed by atoms with Crippen LogP contribution in [0.1, 0.15) is 19.8 Å². The van der Waals surface area contributed by atoms with Crippen LogP contribution in [0.2, 0.25) is 0 Å². The van der Waals surface area contributed by atoms with Gasteiger partial charge >= 0.3 is 5.97 Å². The quantitative estimate of drug-likeness (QED) is 0.549. The highest BCUT2D eigenvalue weighted by atomic mass is 16.5. The number of carbonyl (C=O) groups is 1. The minimum absolute atomic E-state index is 0.156. The van der Waals surface area contributed by atoms with Crippen molar-refractivity contribution in [1.82, 2.24) is 0 Å². The third-order valence-corrected chi connectivity index (χ3v) is 1.47. The van der Waals surface area contributed by atoms with E-state index in [1.54, 1.807) is 12.2 Å². The third-order valence-electron chi connectivity index (χ3n) is 1.47. The molecule has 0 aromatic rings. The molecule has 0 fully saturated rings. The van der Waals surface area contributed by atoms with E-state index in [-0.39, 0.29) is 19.2 Å². The maximum absolute atomic E-state index is 10.4. The van der Waals surface area contributed by atoms with Crippen molar-refractivity contribution in [3.63, 3.8) is 0 Å². The van der Waals surface area contributed by atoms with Crippen LogP contribution in [0.25, 0.3) is 0 Å². The molecule has 0 saturated heterocycles. The summed E-state index contributed by atoms with van der Waals surface area (Å²) in [4.78, 5) is 10.4. The topological polar surface area (TPSA) is 46.5 Å². The second-order valence-electron chi connectivity index (χ2n) is 2.91. The predicted octanol–water partition coefficient (Wildman–Crippen LogP) is 1.44. The molecule has 3 nitrogen and oxygen atoms in total. The number of carbonyl (C=O) groups excluding carboxylic acids is 1. The molecule has 0 unspecified atom stereocenters. The van der Waals surface area contributed by atoms with Crippen molar-refractivity contribution in [2.75, 3.05) is 13.2 Å². The lowest BCUT2D eigenvalue weighted by Crippen LogP contribution is -1.96. The van der Waals surface area contributed by atoms with Gasteiger partial charge in [0.2, 0.25) is 0 Å². The van der Waals surface area contributed by atoms with E-state index in [0.717, 1.165) is 5.57 Å². The first-order valence-electron chi connectivity index (χ1n) is 4.75. The van der Waals surface area contributed by atoms with Crippen molar-refractivity contribution in [2.45, 2.75) is 19.8 Å². The number of rotatable bonds is 5. The number of hydrogen-bond donors (Lipinski definition) is 1. The third kappa shape index (κ3) is 10.4. The first-order chi connectivity index (χ1) is 7.16. The van der Waals surface area contributed by atoms with E-state index in [2.05, 4.69) is 23.2 Å². The lowest BCUT2D eigenvalue weighted by molar-refractivity contribution is -0.139. The summed E-state index contributed by atoms with van der Waals surface area (Å²) in [6.07, 6.45) is 4.67. The van der Waals surface area contributed by atoms with Gasteiger partial charge in [0.1, 0.15) is 6.61 Å². The Morgan fingerprint density at radius 2 is 2.33 bits per heavy atom. The maximum Gasteiger partial charge on any atom is 0.302 e. The first kappa shape index (κ1) is 13.5. The molecule has 0 aliphatic heterocycles. The summed E-state index contributed by atoms with van der Waals surface area (Å²) < 4.78 is 4.66. The van der Waals surface area contributed by atoms with Crippen molar-refractivity contribution in [1.29, 1.82) is 0 Å². The van der Waals surface area contributed by atoms with E-state index in [4.69, 9.17) is 5.11 Å². The average molecular weight is 208 g/mol.